The van der Waals surface area contributed by atoms with Crippen LogP contribution in [0.25, 0.3) is 0 Å². The molecule has 8 nitrogen and oxygen atoms in total. The van der Waals surface area contributed by atoms with Crippen LogP contribution in [0.15, 0.2) is 52.6 Å². The molecule has 5 aliphatic heterocycles. The van der Waals surface area contributed by atoms with Gasteiger partial charge in [-0.1, -0.05) is 19.1 Å². The molecule has 0 spiro atoms. The third kappa shape index (κ3) is 3.97. The monoisotopic (exact) mass is 437 g/mol. The van der Waals surface area contributed by atoms with E-state index in [0.717, 1.165) is 69.0 Å². The second-order valence-corrected chi connectivity index (χ2v) is 9.46. The molecular weight excluding hydrogens is 402 g/mol. The van der Waals surface area contributed by atoms with Gasteiger partial charge in [0.1, 0.15) is 17.7 Å². The molecule has 5 heterocycles. The fraction of sp³-hybridized carbons (Fsp3) is 0.583. The van der Waals surface area contributed by atoms with Gasteiger partial charge in [-0.2, -0.15) is 0 Å². The number of carbonyl (C=O) groups is 1. The Balaban J connectivity index is 1.32. The second kappa shape index (κ2) is 8.75. The Labute approximate surface area is 190 Å². The van der Waals surface area contributed by atoms with Crippen molar-refractivity contribution in [1.29, 1.82) is 0 Å². The van der Waals surface area contributed by atoms with E-state index in [4.69, 9.17) is 10.7 Å². The van der Waals surface area contributed by atoms with Gasteiger partial charge in [-0.05, 0) is 50.7 Å². The first-order valence-corrected chi connectivity index (χ1v) is 12.0. The number of amides is 1. The fourth-order valence-electron chi connectivity index (χ4n) is 5.32. The highest BCUT2D eigenvalue weighted by Gasteiger charge is 2.39. The molecule has 0 saturated carbocycles. The minimum atomic E-state index is -0.284. The number of allylic oxidation sites excluding steroid dienone is 2. The number of hydrogen-bond acceptors (Lipinski definition) is 7. The zero-order valence-corrected chi connectivity index (χ0v) is 19.1. The highest BCUT2D eigenvalue weighted by molar-refractivity contribution is 5.99. The van der Waals surface area contributed by atoms with Crippen molar-refractivity contribution < 1.29 is 4.79 Å². The molecule has 32 heavy (non-hydrogen) atoms. The van der Waals surface area contributed by atoms with Crippen LogP contribution in [0.4, 0.5) is 0 Å². The topological polar surface area (TPSA) is 89.2 Å². The number of hydrazine groups is 1. The second-order valence-electron chi connectivity index (χ2n) is 9.46. The maximum Gasteiger partial charge on any atom is 0.249 e. The number of nitrogens with zero attached hydrogens (tertiary/aromatic N) is 4. The fourth-order valence-corrected chi connectivity index (χ4v) is 5.32. The zero-order valence-electron chi connectivity index (χ0n) is 19.1. The molecule has 0 radical (unpaired) electrons. The smallest absolute Gasteiger partial charge is 0.249 e. The Morgan fingerprint density at radius 2 is 2.16 bits per heavy atom. The predicted octanol–water partition coefficient (Wildman–Crippen LogP) is 1.57. The number of fused-ring (bicyclic) bond motifs is 1. The van der Waals surface area contributed by atoms with Crippen LogP contribution >= 0.6 is 0 Å². The molecule has 2 fully saturated rings. The number of piperidine rings is 1. The first-order chi connectivity index (χ1) is 15.5. The van der Waals surface area contributed by atoms with Gasteiger partial charge in [0.05, 0.1) is 12.1 Å². The summed E-state index contributed by atoms with van der Waals surface area (Å²) in [5.41, 5.74) is 12.1. The molecule has 0 aliphatic carbocycles. The number of aliphatic imine (C=N–C) groups is 1. The summed E-state index contributed by atoms with van der Waals surface area (Å²) in [5, 5.41) is 5.31. The van der Waals surface area contributed by atoms with E-state index in [-0.39, 0.29) is 30.1 Å². The van der Waals surface area contributed by atoms with Gasteiger partial charge >= 0.3 is 0 Å². The lowest BCUT2D eigenvalue weighted by molar-refractivity contribution is -0.136. The van der Waals surface area contributed by atoms with E-state index < -0.39 is 0 Å². The van der Waals surface area contributed by atoms with Crippen molar-refractivity contribution in [1.82, 2.24) is 25.6 Å². The van der Waals surface area contributed by atoms with E-state index in [2.05, 4.69) is 52.7 Å². The van der Waals surface area contributed by atoms with Crippen molar-refractivity contribution in [2.75, 3.05) is 19.6 Å². The Morgan fingerprint density at radius 3 is 2.88 bits per heavy atom. The summed E-state index contributed by atoms with van der Waals surface area (Å²) in [4.78, 5) is 22.7. The van der Waals surface area contributed by atoms with Crippen LogP contribution in [0.3, 0.4) is 0 Å². The van der Waals surface area contributed by atoms with Crippen molar-refractivity contribution in [3.63, 3.8) is 0 Å². The maximum atomic E-state index is 13.4. The Bertz CT molecular complexity index is 917. The SMILES string of the molecule is CCC1=CNC(C(=O)N2CCCCC2C2C=C3N=C(N4CCC(N)C4)C(C)=CN3N2)C=C1. The summed E-state index contributed by atoms with van der Waals surface area (Å²) < 4.78 is 0. The molecule has 2 saturated heterocycles. The first-order valence-electron chi connectivity index (χ1n) is 12.0. The average molecular weight is 438 g/mol. The van der Waals surface area contributed by atoms with Gasteiger partial charge in [0.15, 0.2) is 0 Å². The van der Waals surface area contributed by atoms with Crippen LogP contribution in [0.1, 0.15) is 46.0 Å². The molecule has 0 aromatic rings. The molecule has 0 bridgehead atoms. The number of carbonyl (C=O) groups excluding carboxylic acids is 1. The lowest BCUT2D eigenvalue weighted by Gasteiger charge is -2.40. The quantitative estimate of drug-likeness (QED) is 0.621. The first kappa shape index (κ1) is 21.3. The molecule has 0 aromatic carbocycles. The Hall–Kier alpha value is -2.58. The van der Waals surface area contributed by atoms with Crippen molar-refractivity contribution in [2.45, 2.75) is 70.1 Å². The molecule has 5 rings (SSSR count). The van der Waals surface area contributed by atoms with Crippen LogP contribution in [0.5, 0.6) is 0 Å². The Morgan fingerprint density at radius 1 is 1.28 bits per heavy atom. The van der Waals surface area contributed by atoms with E-state index in [1.54, 1.807) is 0 Å². The molecule has 1 amide bonds. The number of amidine groups is 1. The van der Waals surface area contributed by atoms with Crippen LogP contribution in [-0.4, -0.2) is 70.4 Å². The summed E-state index contributed by atoms with van der Waals surface area (Å²) in [5.74, 6) is 2.10. The van der Waals surface area contributed by atoms with Crippen LogP contribution < -0.4 is 16.5 Å². The minimum absolute atomic E-state index is 0.0524. The lowest BCUT2D eigenvalue weighted by atomic mass is 9.94. The van der Waals surface area contributed by atoms with Crippen LogP contribution in [0.2, 0.25) is 0 Å². The van der Waals surface area contributed by atoms with Gasteiger partial charge in [0.2, 0.25) is 5.91 Å². The van der Waals surface area contributed by atoms with Gasteiger partial charge in [0.25, 0.3) is 0 Å². The van der Waals surface area contributed by atoms with Crippen molar-refractivity contribution in [3.05, 3.63) is 47.6 Å². The number of hydrogen-bond donors (Lipinski definition) is 3. The molecule has 4 unspecified atom stereocenters. The third-order valence-corrected chi connectivity index (χ3v) is 7.16. The standard InChI is InChI=1S/C24H35N7O/c1-3-17-7-8-19(26-13-17)24(32)30-10-5-4-6-21(30)20-12-22-27-23(16(2)14-31(22)28-20)29-11-9-18(25)15-29/h7-8,12-14,18-21,26,28H,3-6,9-11,15,25H2,1-2H3. The van der Waals surface area contributed by atoms with Crippen LogP contribution in [-0.2, 0) is 4.79 Å². The number of dihydropyridines is 1. The van der Waals surface area contributed by atoms with E-state index >= 15 is 0 Å². The summed E-state index contributed by atoms with van der Waals surface area (Å²) >= 11 is 0. The highest BCUT2D eigenvalue weighted by Crippen LogP contribution is 2.29. The van der Waals surface area contributed by atoms with Gasteiger partial charge in [0, 0.05) is 43.6 Å². The minimum Gasteiger partial charge on any atom is -0.376 e. The van der Waals surface area contributed by atoms with Gasteiger partial charge in [-0.15, -0.1) is 0 Å². The van der Waals surface area contributed by atoms with Crippen molar-refractivity contribution in [3.8, 4) is 0 Å². The van der Waals surface area contributed by atoms with Gasteiger partial charge < -0.3 is 20.9 Å². The summed E-state index contributed by atoms with van der Waals surface area (Å²) in [6.07, 6.45) is 15.5. The zero-order chi connectivity index (χ0) is 22.2. The Kier molecular flexibility index (Phi) is 5.82. The number of nitrogens with one attached hydrogen (secondary N) is 2. The molecule has 4 atom stereocenters. The van der Waals surface area contributed by atoms with E-state index in [9.17, 15) is 4.79 Å². The molecular formula is C24H35N7O. The summed E-state index contributed by atoms with van der Waals surface area (Å²) in [6.45, 7) is 6.84. The van der Waals surface area contributed by atoms with Gasteiger partial charge in [-0.3, -0.25) is 9.80 Å². The van der Waals surface area contributed by atoms with E-state index in [1.165, 1.54) is 5.57 Å². The van der Waals surface area contributed by atoms with E-state index in [1.807, 2.05) is 17.3 Å². The van der Waals surface area contributed by atoms with Crippen molar-refractivity contribution >= 4 is 11.7 Å². The number of nitrogens with two attached hydrogens (primary N) is 1. The third-order valence-electron chi connectivity index (χ3n) is 7.16. The lowest BCUT2D eigenvalue weighted by Crippen LogP contribution is -2.57. The average Bonchev–Trinajstić information content (AvgIpc) is 3.43. The normalized spacial score (nSPS) is 32.2. The maximum absolute atomic E-state index is 13.4. The molecule has 172 valence electrons. The van der Waals surface area contributed by atoms with Crippen LogP contribution in [0, 0.1) is 0 Å². The molecule has 4 N–H and O–H groups in total. The van der Waals surface area contributed by atoms with Gasteiger partial charge in [-0.25, -0.2) is 10.4 Å². The molecule has 5 aliphatic rings. The number of likely N-dealkylation sites (tertiary alicyclic amines) is 2. The molecule has 8 heteroatoms. The predicted molar refractivity (Wildman–Crippen MR) is 126 cm³/mol. The molecule has 0 aromatic heterocycles. The summed E-state index contributed by atoms with van der Waals surface area (Å²) in [6, 6.07) is 0.110. The van der Waals surface area contributed by atoms with E-state index in [0.29, 0.717) is 0 Å². The van der Waals surface area contributed by atoms with Crippen molar-refractivity contribution in [2.24, 2.45) is 10.7 Å². The highest BCUT2D eigenvalue weighted by atomic mass is 16.2. The number of rotatable bonds is 3. The summed E-state index contributed by atoms with van der Waals surface area (Å²) in [7, 11) is 0. The largest absolute Gasteiger partial charge is 0.376 e.